The molecular formula is C13H22N2O. The Hall–Kier alpha value is -1.22. The fraction of sp³-hybridized carbons (Fsp3) is 0.538. The molecular weight excluding hydrogens is 200 g/mol. The molecule has 0 fully saturated rings. The van der Waals surface area contributed by atoms with Crippen LogP contribution in [0.4, 0.5) is 5.69 Å². The second-order valence-corrected chi connectivity index (χ2v) is 3.76. The Morgan fingerprint density at radius 3 is 2.44 bits per heavy atom. The summed E-state index contributed by atoms with van der Waals surface area (Å²) >= 11 is 0. The standard InChI is InChI=1S/C13H22N2O/c1-3-4-9-14-10-11-15-12-5-7-13(16-2)8-6-12/h5-8,14-15H,3-4,9-11H2,1-2H3. The van der Waals surface area contributed by atoms with Gasteiger partial charge in [0.1, 0.15) is 5.75 Å². The van der Waals surface area contributed by atoms with Gasteiger partial charge in [-0.2, -0.15) is 0 Å². The summed E-state index contributed by atoms with van der Waals surface area (Å²) in [5.74, 6) is 0.895. The Labute approximate surface area is 98.2 Å². The maximum atomic E-state index is 5.10. The molecule has 0 unspecified atom stereocenters. The lowest BCUT2D eigenvalue weighted by atomic mass is 10.3. The van der Waals surface area contributed by atoms with Crippen LogP contribution in [0.5, 0.6) is 5.75 Å². The Bertz CT molecular complexity index is 272. The summed E-state index contributed by atoms with van der Waals surface area (Å²) in [7, 11) is 1.68. The molecule has 0 spiro atoms. The van der Waals surface area contributed by atoms with Gasteiger partial charge in [-0.3, -0.25) is 0 Å². The van der Waals surface area contributed by atoms with Gasteiger partial charge in [0.15, 0.2) is 0 Å². The quantitative estimate of drug-likeness (QED) is 0.663. The molecule has 0 aliphatic carbocycles. The first kappa shape index (κ1) is 12.8. The van der Waals surface area contributed by atoms with E-state index in [2.05, 4.69) is 17.6 Å². The summed E-state index contributed by atoms with van der Waals surface area (Å²) in [6, 6.07) is 8.00. The molecule has 1 aromatic rings. The van der Waals surface area contributed by atoms with E-state index in [1.807, 2.05) is 24.3 Å². The van der Waals surface area contributed by atoms with Crippen molar-refractivity contribution in [3.8, 4) is 5.75 Å². The fourth-order valence-corrected chi connectivity index (χ4v) is 1.43. The summed E-state index contributed by atoms with van der Waals surface area (Å²) in [4.78, 5) is 0. The molecule has 90 valence electrons. The number of anilines is 1. The van der Waals surface area contributed by atoms with Gasteiger partial charge in [0.2, 0.25) is 0 Å². The van der Waals surface area contributed by atoms with E-state index in [9.17, 15) is 0 Å². The van der Waals surface area contributed by atoms with Crippen LogP contribution in [0, 0.1) is 0 Å². The SMILES string of the molecule is CCCCNCCNc1ccc(OC)cc1. The van der Waals surface area contributed by atoms with Crippen LogP contribution in [0.25, 0.3) is 0 Å². The lowest BCUT2D eigenvalue weighted by Gasteiger charge is -2.08. The molecule has 0 bridgehead atoms. The number of methoxy groups -OCH3 is 1. The van der Waals surface area contributed by atoms with E-state index in [0.717, 1.165) is 31.1 Å². The van der Waals surface area contributed by atoms with Crippen LogP contribution in [0.1, 0.15) is 19.8 Å². The monoisotopic (exact) mass is 222 g/mol. The van der Waals surface area contributed by atoms with Crippen LogP contribution in [0.3, 0.4) is 0 Å². The van der Waals surface area contributed by atoms with E-state index in [4.69, 9.17) is 4.74 Å². The first-order valence-corrected chi connectivity index (χ1v) is 5.95. The molecule has 3 heteroatoms. The van der Waals surface area contributed by atoms with Gasteiger partial charge in [-0.25, -0.2) is 0 Å². The normalized spacial score (nSPS) is 10.1. The fourth-order valence-electron chi connectivity index (χ4n) is 1.43. The second-order valence-electron chi connectivity index (χ2n) is 3.76. The summed E-state index contributed by atoms with van der Waals surface area (Å²) in [6.45, 7) is 5.28. The molecule has 0 atom stereocenters. The predicted octanol–water partition coefficient (Wildman–Crippen LogP) is 2.50. The average Bonchev–Trinajstić information content (AvgIpc) is 2.34. The molecule has 0 radical (unpaired) electrons. The molecule has 3 nitrogen and oxygen atoms in total. The highest BCUT2D eigenvalue weighted by Gasteiger charge is 1.92. The third-order valence-corrected chi connectivity index (χ3v) is 2.43. The Morgan fingerprint density at radius 2 is 1.81 bits per heavy atom. The highest BCUT2D eigenvalue weighted by molar-refractivity contribution is 5.46. The van der Waals surface area contributed by atoms with Gasteiger partial charge in [0.05, 0.1) is 7.11 Å². The van der Waals surface area contributed by atoms with Crippen molar-refractivity contribution in [2.75, 3.05) is 32.1 Å². The van der Waals surface area contributed by atoms with Crippen molar-refractivity contribution in [3.05, 3.63) is 24.3 Å². The van der Waals surface area contributed by atoms with E-state index in [-0.39, 0.29) is 0 Å². The number of nitrogens with one attached hydrogen (secondary N) is 2. The van der Waals surface area contributed by atoms with Crippen molar-refractivity contribution in [1.29, 1.82) is 0 Å². The molecule has 0 aromatic heterocycles. The van der Waals surface area contributed by atoms with Gasteiger partial charge in [0.25, 0.3) is 0 Å². The van der Waals surface area contributed by atoms with Crippen LogP contribution in [0.15, 0.2) is 24.3 Å². The minimum Gasteiger partial charge on any atom is -0.497 e. The molecule has 0 aliphatic rings. The number of rotatable bonds is 8. The summed E-state index contributed by atoms with van der Waals surface area (Å²) in [5.41, 5.74) is 1.14. The van der Waals surface area contributed by atoms with E-state index < -0.39 is 0 Å². The first-order valence-electron chi connectivity index (χ1n) is 5.95. The Balaban J connectivity index is 2.12. The summed E-state index contributed by atoms with van der Waals surface area (Å²) in [6.07, 6.45) is 2.50. The van der Waals surface area contributed by atoms with E-state index in [0.29, 0.717) is 0 Å². The van der Waals surface area contributed by atoms with E-state index >= 15 is 0 Å². The summed E-state index contributed by atoms with van der Waals surface area (Å²) < 4.78 is 5.10. The van der Waals surface area contributed by atoms with Crippen LogP contribution >= 0.6 is 0 Å². The maximum Gasteiger partial charge on any atom is 0.119 e. The van der Waals surface area contributed by atoms with E-state index in [1.165, 1.54) is 12.8 Å². The van der Waals surface area contributed by atoms with Crippen molar-refractivity contribution in [2.45, 2.75) is 19.8 Å². The largest absolute Gasteiger partial charge is 0.497 e. The van der Waals surface area contributed by atoms with Crippen LogP contribution in [-0.2, 0) is 0 Å². The first-order chi connectivity index (χ1) is 7.86. The number of unbranched alkanes of at least 4 members (excludes halogenated alkanes) is 1. The van der Waals surface area contributed by atoms with Gasteiger partial charge >= 0.3 is 0 Å². The van der Waals surface area contributed by atoms with Crippen LogP contribution in [0.2, 0.25) is 0 Å². The zero-order valence-corrected chi connectivity index (χ0v) is 10.3. The highest BCUT2D eigenvalue weighted by atomic mass is 16.5. The van der Waals surface area contributed by atoms with Gasteiger partial charge in [-0.05, 0) is 37.2 Å². The van der Waals surface area contributed by atoms with Crippen molar-refractivity contribution in [3.63, 3.8) is 0 Å². The molecule has 1 aromatic carbocycles. The molecule has 0 saturated carbocycles. The van der Waals surface area contributed by atoms with Crippen molar-refractivity contribution < 1.29 is 4.74 Å². The predicted molar refractivity (Wildman–Crippen MR) is 69.3 cm³/mol. The second kappa shape index (κ2) is 7.99. The number of benzene rings is 1. The van der Waals surface area contributed by atoms with Crippen molar-refractivity contribution >= 4 is 5.69 Å². The molecule has 0 heterocycles. The van der Waals surface area contributed by atoms with Gasteiger partial charge in [-0.15, -0.1) is 0 Å². The molecule has 0 saturated heterocycles. The van der Waals surface area contributed by atoms with Gasteiger partial charge in [-0.1, -0.05) is 13.3 Å². The topological polar surface area (TPSA) is 33.3 Å². The molecule has 0 amide bonds. The molecule has 2 N–H and O–H groups in total. The third kappa shape index (κ3) is 5.03. The average molecular weight is 222 g/mol. The molecule has 0 aliphatic heterocycles. The van der Waals surface area contributed by atoms with E-state index in [1.54, 1.807) is 7.11 Å². The lowest BCUT2D eigenvalue weighted by Crippen LogP contribution is -2.23. The van der Waals surface area contributed by atoms with Crippen molar-refractivity contribution in [1.82, 2.24) is 5.32 Å². The Morgan fingerprint density at radius 1 is 1.06 bits per heavy atom. The lowest BCUT2D eigenvalue weighted by molar-refractivity contribution is 0.415. The third-order valence-electron chi connectivity index (χ3n) is 2.43. The Kier molecular flexibility index (Phi) is 6.42. The number of hydrogen-bond donors (Lipinski definition) is 2. The maximum absolute atomic E-state index is 5.10. The van der Waals surface area contributed by atoms with Crippen LogP contribution in [-0.4, -0.2) is 26.7 Å². The number of hydrogen-bond acceptors (Lipinski definition) is 3. The minimum atomic E-state index is 0.895. The highest BCUT2D eigenvalue weighted by Crippen LogP contribution is 2.14. The van der Waals surface area contributed by atoms with Gasteiger partial charge < -0.3 is 15.4 Å². The zero-order chi connectivity index (χ0) is 11.6. The van der Waals surface area contributed by atoms with Gasteiger partial charge in [0, 0.05) is 18.8 Å². The molecule has 1 rings (SSSR count). The minimum absolute atomic E-state index is 0.895. The zero-order valence-electron chi connectivity index (χ0n) is 10.3. The van der Waals surface area contributed by atoms with Crippen LogP contribution < -0.4 is 15.4 Å². The van der Waals surface area contributed by atoms with Crippen molar-refractivity contribution in [2.24, 2.45) is 0 Å². The summed E-state index contributed by atoms with van der Waals surface area (Å²) in [5, 5.41) is 6.75. The number of ether oxygens (including phenoxy) is 1. The molecule has 16 heavy (non-hydrogen) atoms. The smallest absolute Gasteiger partial charge is 0.119 e.